The quantitative estimate of drug-likeness (QED) is 0.763. The van der Waals surface area contributed by atoms with Crippen LogP contribution in [0.3, 0.4) is 0 Å². The van der Waals surface area contributed by atoms with Gasteiger partial charge in [0.2, 0.25) is 0 Å². The largest absolute Gasteiger partial charge is 0.496 e. The number of alkyl halides is 1. The Morgan fingerprint density at radius 2 is 2.21 bits per heavy atom. The van der Waals surface area contributed by atoms with Crippen molar-refractivity contribution >= 4 is 27.5 Å². The monoisotopic (exact) mass is 274 g/mol. The Bertz CT molecular complexity index is 347. The molecule has 1 aliphatic rings. The molecule has 1 nitrogen and oxygen atoms in total. The average molecular weight is 276 g/mol. The zero-order valence-corrected chi connectivity index (χ0v) is 10.4. The standard InChI is InChI=1S/C11H12BrClO/c1-14-10-3-2-8(13)6-9(10)11(7-12)4-5-11/h2-3,6H,4-5,7H2,1H3. The molecule has 1 aromatic carbocycles. The molecule has 0 spiro atoms. The number of ether oxygens (including phenoxy) is 1. The highest BCUT2D eigenvalue weighted by Gasteiger charge is 2.45. The maximum absolute atomic E-state index is 5.99. The van der Waals surface area contributed by atoms with Crippen LogP contribution in [0.1, 0.15) is 18.4 Å². The molecule has 14 heavy (non-hydrogen) atoms. The molecule has 0 saturated heterocycles. The van der Waals surface area contributed by atoms with Crippen molar-refractivity contribution in [3.05, 3.63) is 28.8 Å². The van der Waals surface area contributed by atoms with E-state index in [0.717, 1.165) is 16.1 Å². The average Bonchev–Trinajstić information content (AvgIpc) is 2.98. The van der Waals surface area contributed by atoms with Crippen molar-refractivity contribution in [1.82, 2.24) is 0 Å². The lowest BCUT2D eigenvalue weighted by atomic mass is 9.97. The van der Waals surface area contributed by atoms with Gasteiger partial charge in [-0.2, -0.15) is 0 Å². The van der Waals surface area contributed by atoms with Crippen molar-refractivity contribution < 1.29 is 4.74 Å². The molecule has 0 aliphatic heterocycles. The Kier molecular flexibility index (Phi) is 2.76. The van der Waals surface area contributed by atoms with Crippen molar-refractivity contribution in [3.8, 4) is 5.75 Å². The van der Waals surface area contributed by atoms with Crippen molar-refractivity contribution in [2.75, 3.05) is 12.4 Å². The van der Waals surface area contributed by atoms with E-state index in [4.69, 9.17) is 16.3 Å². The summed E-state index contributed by atoms with van der Waals surface area (Å²) in [6, 6.07) is 5.84. The summed E-state index contributed by atoms with van der Waals surface area (Å²) in [5.41, 5.74) is 1.51. The van der Waals surface area contributed by atoms with E-state index < -0.39 is 0 Å². The molecule has 0 unspecified atom stereocenters. The van der Waals surface area contributed by atoms with Gasteiger partial charge in [0.05, 0.1) is 7.11 Å². The molecule has 1 aromatic rings. The highest BCUT2D eigenvalue weighted by molar-refractivity contribution is 9.09. The van der Waals surface area contributed by atoms with Crippen LogP contribution < -0.4 is 4.74 Å². The first-order valence-electron chi connectivity index (χ1n) is 4.62. The van der Waals surface area contributed by atoms with Crippen LogP contribution in [-0.2, 0) is 5.41 Å². The fourth-order valence-electron chi connectivity index (χ4n) is 1.72. The molecule has 1 saturated carbocycles. The summed E-state index contributed by atoms with van der Waals surface area (Å²) in [6.07, 6.45) is 2.43. The number of benzene rings is 1. The van der Waals surface area contributed by atoms with Gasteiger partial charge in [0.1, 0.15) is 5.75 Å². The third-order valence-corrected chi connectivity index (χ3v) is 4.15. The lowest BCUT2D eigenvalue weighted by Gasteiger charge is -2.16. The normalized spacial score (nSPS) is 17.9. The lowest BCUT2D eigenvalue weighted by molar-refractivity contribution is 0.406. The van der Waals surface area contributed by atoms with Gasteiger partial charge in [0.15, 0.2) is 0 Å². The molecule has 0 aromatic heterocycles. The minimum absolute atomic E-state index is 0.274. The first-order valence-corrected chi connectivity index (χ1v) is 6.12. The van der Waals surface area contributed by atoms with Crippen LogP contribution in [0.4, 0.5) is 0 Å². The Labute approximate surface area is 97.5 Å². The van der Waals surface area contributed by atoms with Gasteiger partial charge in [-0.3, -0.25) is 0 Å². The fraction of sp³-hybridized carbons (Fsp3) is 0.455. The van der Waals surface area contributed by atoms with Crippen LogP contribution in [0.5, 0.6) is 5.75 Å². The molecule has 0 radical (unpaired) electrons. The molecule has 1 fully saturated rings. The zero-order valence-electron chi connectivity index (χ0n) is 8.02. The molecule has 0 amide bonds. The number of hydrogen-bond donors (Lipinski definition) is 0. The number of hydrogen-bond acceptors (Lipinski definition) is 1. The van der Waals surface area contributed by atoms with Crippen LogP contribution >= 0.6 is 27.5 Å². The van der Waals surface area contributed by atoms with E-state index in [1.54, 1.807) is 7.11 Å². The topological polar surface area (TPSA) is 9.23 Å². The number of halogens is 2. The van der Waals surface area contributed by atoms with E-state index >= 15 is 0 Å². The van der Waals surface area contributed by atoms with Crippen molar-refractivity contribution in [2.24, 2.45) is 0 Å². The highest BCUT2D eigenvalue weighted by Crippen LogP contribution is 2.52. The summed E-state index contributed by atoms with van der Waals surface area (Å²) >= 11 is 9.55. The molecule has 76 valence electrons. The van der Waals surface area contributed by atoms with E-state index in [1.807, 2.05) is 18.2 Å². The third-order valence-electron chi connectivity index (χ3n) is 2.84. The van der Waals surface area contributed by atoms with Crippen LogP contribution in [0.25, 0.3) is 0 Å². The van der Waals surface area contributed by atoms with Crippen LogP contribution in [0, 0.1) is 0 Å². The highest BCUT2D eigenvalue weighted by atomic mass is 79.9. The van der Waals surface area contributed by atoms with E-state index in [0.29, 0.717) is 0 Å². The Balaban J connectivity index is 2.44. The van der Waals surface area contributed by atoms with Crippen molar-refractivity contribution in [2.45, 2.75) is 18.3 Å². The SMILES string of the molecule is COc1ccc(Cl)cc1C1(CBr)CC1. The number of rotatable bonds is 3. The van der Waals surface area contributed by atoms with E-state index in [-0.39, 0.29) is 5.41 Å². The lowest BCUT2D eigenvalue weighted by Crippen LogP contribution is -2.09. The van der Waals surface area contributed by atoms with Crippen molar-refractivity contribution in [3.63, 3.8) is 0 Å². The van der Waals surface area contributed by atoms with Gasteiger partial charge in [-0.1, -0.05) is 27.5 Å². The molecular formula is C11H12BrClO. The summed E-state index contributed by atoms with van der Waals surface area (Å²) in [7, 11) is 1.71. The molecule has 3 heteroatoms. The molecule has 1 aliphatic carbocycles. The van der Waals surface area contributed by atoms with Crippen molar-refractivity contribution in [1.29, 1.82) is 0 Å². The molecule has 0 bridgehead atoms. The molecule has 0 atom stereocenters. The van der Waals surface area contributed by atoms with E-state index in [2.05, 4.69) is 15.9 Å². The summed E-state index contributed by atoms with van der Waals surface area (Å²) < 4.78 is 5.35. The Hall–Kier alpha value is -0.210. The molecule has 2 rings (SSSR count). The predicted molar refractivity (Wildman–Crippen MR) is 62.7 cm³/mol. The van der Waals surface area contributed by atoms with Gasteiger partial charge in [-0.15, -0.1) is 0 Å². The maximum Gasteiger partial charge on any atom is 0.122 e. The smallest absolute Gasteiger partial charge is 0.122 e. The van der Waals surface area contributed by atoms with Crippen LogP contribution in [0.2, 0.25) is 5.02 Å². The first kappa shape index (κ1) is 10.3. The van der Waals surface area contributed by atoms with Gasteiger partial charge >= 0.3 is 0 Å². The second-order valence-corrected chi connectivity index (χ2v) is 4.76. The zero-order chi connectivity index (χ0) is 10.2. The van der Waals surface area contributed by atoms with Crippen LogP contribution in [0.15, 0.2) is 18.2 Å². The summed E-state index contributed by atoms with van der Waals surface area (Å²) in [5.74, 6) is 0.950. The van der Waals surface area contributed by atoms with E-state index in [1.165, 1.54) is 18.4 Å². The van der Waals surface area contributed by atoms with Gasteiger partial charge < -0.3 is 4.74 Å². The minimum Gasteiger partial charge on any atom is -0.496 e. The van der Waals surface area contributed by atoms with Crippen LogP contribution in [-0.4, -0.2) is 12.4 Å². The fourth-order valence-corrected chi connectivity index (χ4v) is 2.76. The van der Waals surface area contributed by atoms with Gasteiger partial charge in [-0.05, 0) is 31.0 Å². The molecule has 0 N–H and O–H groups in total. The Morgan fingerprint density at radius 1 is 1.50 bits per heavy atom. The second kappa shape index (κ2) is 3.74. The molecular weight excluding hydrogens is 263 g/mol. The molecule has 0 heterocycles. The van der Waals surface area contributed by atoms with Gasteiger partial charge in [0, 0.05) is 21.3 Å². The summed E-state index contributed by atoms with van der Waals surface area (Å²) in [4.78, 5) is 0. The van der Waals surface area contributed by atoms with E-state index in [9.17, 15) is 0 Å². The third kappa shape index (κ3) is 1.66. The summed E-state index contributed by atoms with van der Waals surface area (Å²) in [5, 5.41) is 1.77. The first-order chi connectivity index (χ1) is 6.72. The summed E-state index contributed by atoms with van der Waals surface area (Å²) in [6.45, 7) is 0. The Morgan fingerprint density at radius 3 is 2.71 bits per heavy atom. The maximum atomic E-state index is 5.99. The predicted octanol–water partition coefficient (Wildman–Crippen LogP) is 3.78. The van der Waals surface area contributed by atoms with Gasteiger partial charge in [-0.25, -0.2) is 0 Å². The number of methoxy groups -OCH3 is 1. The second-order valence-electron chi connectivity index (χ2n) is 3.76. The van der Waals surface area contributed by atoms with Gasteiger partial charge in [0.25, 0.3) is 0 Å². The minimum atomic E-state index is 0.274.